The summed E-state index contributed by atoms with van der Waals surface area (Å²) in [5, 5.41) is 10.1. The van der Waals surface area contributed by atoms with Crippen LogP contribution in [0.1, 0.15) is 29.4 Å². The molecule has 6 heteroatoms. The standard InChI is InChI=1S/C13H11F2NO3/c1-6(17)10-8-5-7(19-2)3-4-9(8)16-11(12(10)18)13(14)15/h3-5,13,18H,1-2H3. The summed E-state index contributed by atoms with van der Waals surface area (Å²) < 4.78 is 30.6. The highest BCUT2D eigenvalue weighted by atomic mass is 19.3. The summed E-state index contributed by atoms with van der Waals surface area (Å²) in [6.07, 6.45) is -2.95. The predicted octanol–water partition coefficient (Wildman–Crippen LogP) is 3.09. The number of carbonyl (C=O) groups is 1. The molecule has 0 aliphatic carbocycles. The number of aromatic nitrogens is 1. The van der Waals surface area contributed by atoms with Gasteiger partial charge in [-0.2, -0.15) is 0 Å². The molecule has 0 spiro atoms. The maximum Gasteiger partial charge on any atom is 0.284 e. The first-order valence-corrected chi connectivity index (χ1v) is 5.45. The molecule has 2 aromatic rings. The Morgan fingerprint density at radius 1 is 1.42 bits per heavy atom. The number of hydrogen-bond acceptors (Lipinski definition) is 4. The van der Waals surface area contributed by atoms with Gasteiger partial charge in [-0.15, -0.1) is 0 Å². The first-order valence-electron chi connectivity index (χ1n) is 5.45. The first kappa shape index (κ1) is 13.2. The average molecular weight is 267 g/mol. The number of methoxy groups -OCH3 is 1. The van der Waals surface area contributed by atoms with E-state index in [9.17, 15) is 18.7 Å². The van der Waals surface area contributed by atoms with E-state index >= 15 is 0 Å². The number of pyridine rings is 1. The van der Waals surface area contributed by atoms with Gasteiger partial charge in [-0.1, -0.05) is 0 Å². The summed E-state index contributed by atoms with van der Waals surface area (Å²) in [5.41, 5.74) is -0.749. The molecular formula is C13H11F2NO3. The molecule has 0 fully saturated rings. The molecule has 0 unspecified atom stereocenters. The minimum Gasteiger partial charge on any atom is -0.505 e. The topological polar surface area (TPSA) is 59.4 Å². The van der Waals surface area contributed by atoms with E-state index < -0.39 is 23.7 Å². The molecular weight excluding hydrogens is 256 g/mol. The lowest BCUT2D eigenvalue weighted by Crippen LogP contribution is -2.02. The smallest absolute Gasteiger partial charge is 0.284 e. The van der Waals surface area contributed by atoms with E-state index in [1.54, 1.807) is 6.07 Å². The highest BCUT2D eigenvalue weighted by molar-refractivity contribution is 6.09. The largest absolute Gasteiger partial charge is 0.505 e. The van der Waals surface area contributed by atoms with Crippen LogP contribution in [0.25, 0.3) is 10.9 Å². The maximum atomic E-state index is 12.8. The van der Waals surface area contributed by atoms with Gasteiger partial charge in [-0.25, -0.2) is 13.8 Å². The molecule has 100 valence electrons. The third-order valence-corrected chi connectivity index (χ3v) is 2.75. The van der Waals surface area contributed by atoms with Crippen molar-refractivity contribution in [1.82, 2.24) is 4.98 Å². The van der Waals surface area contributed by atoms with Gasteiger partial charge < -0.3 is 9.84 Å². The van der Waals surface area contributed by atoms with Crippen LogP contribution in [0, 0.1) is 0 Å². The van der Waals surface area contributed by atoms with Crippen molar-refractivity contribution >= 4 is 16.7 Å². The van der Waals surface area contributed by atoms with Crippen LogP contribution in [0.15, 0.2) is 18.2 Å². The average Bonchev–Trinajstić information content (AvgIpc) is 2.36. The second-order valence-electron chi connectivity index (χ2n) is 3.96. The number of rotatable bonds is 3. The number of fused-ring (bicyclic) bond motifs is 1. The molecule has 0 saturated carbocycles. The fourth-order valence-corrected chi connectivity index (χ4v) is 1.89. The number of halogens is 2. The molecule has 1 aromatic heterocycles. The van der Waals surface area contributed by atoms with Crippen molar-refractivity contribution in [3.8, 4) is 11.5 Å². The van der Waals surface area contributed by atoms with Crippen LogP contribution < -0.4 is 4.74 Å². The Morgan fingerprint density at radius 3 is 2.63 bits per heavy atom. The van der Waals surface area contributed by atoms with Crippen molar-refractivity contribution < 1.29 is 23.4 Å². The van der Waals surface area contributed by atoms with Crippen LogP contribution in [0.4, 0.5) is 8.78 Å². The summed E-state index contributed by atoms with van der Waals surface area (Å²) in [6.45, 7) is 1.20. The zero-order chi connectivity index (χ0) is 14.2. The molecule has 19 heavy (non-hydrogen) atoms. The Morgan fingerprint density at radius 2 is 2.11 bits per heavy atom. The van der Waals surface area contributed by atoms with Crippen LogP contribution in [0.2, 0.25) is 0 Å². The number of carbonyl (C=O) groups excluding carboxylic acids is 1. The number of ketones is 1. The van der Waals surface area contributed by atoms with E-state index in [1.165, 1.54) is 26.2 Å². The van der Waals surface area contributed by atoms with Crippen LogP contribution in [0.5, 0.6) is 11.5 Å². The monoisotopic (exact) mass is 267 g/mol. The molecule has 1 heterocycles. The lowest BCUT2D eigenvalue weighted by Gasteiger charge is -2.11. The minimum atomic E-state index is -2.95. The van der Waals surface area contributed by atoms with Gasteiger partial charge in [0.2, 0.25) is 0 Å². The van der Waals surface area contributed by atoms with Gasteiger partial charge in [-0.3, -0.25) is 4.79 Å². The Kier molecular flexibility index (Phi) is 3.33. The Bertz CT molecular complexity index is 656. The quantitative estimate of drug-likeness (QED) is 0.868. The van der Waals surface area contributed by atoms with Crippen molar-refractivity contribution in [1.29, 1.82) is 0 Å². The Balaban J connectivity index is 2.88. The van der Waals surface area contributed by atoms with Crippen molar-refractivity contribution in [3.63, 3.8) is 0 Å². The Hall–Kier alpha value is -2.24. The van der Waals surface area contributed by atoms with Gasteiger partial charge in [0, 0.05) is 5.39 Å². The zero-order valence-corrected chi connectivity index (χ0v) is 10.3. The summed E-state index contributed by atoms with van der Waals surface area (Å²) in [5.74, 6) is -0.843. The third-order valence-electron chi connectivity index (χ3n) is 2.75. The Labute approximate surface area is 107 Å². The van der Waals surface area contributed by atoms with Crippen LogP contribution in [-0.4, -0.2) is 23.0 Å². The zero-order valence-electron chi connectivity index (χ0n) is 10.3. The molecule has 4 nitrogen and oxygen atoms in total. The van der Waals surface area contributed by atoms with E-state index in [-0.39, 0.29) is 16.5 Å². The summed E-state index contributed by atoms with van der Waals surface area (Å²) in [4.78, 5) is 15.3. The number of nitrogens with zero attached hydrogens (tertiary/aromatic N) is 1. The highest BCUT2D eigenvalue weighted by Gasteiger charge is 2.23. The second-order valence-corrected chi connectivity index (χ2v) is 3.96. The number of hydrogen-bond donors (Lipinski definition) is 1. The van der Waals surface area contributed by atoms with Gasteiger partial charge in [-0.05, 0) is 25.1 Å². The van der Waals surface area contributed by atoms with Crippen molar-refractivity contribution in [2.45, 2.75) is 13.3 Å². The molecule has 0 saturated heterocycles. The molecule has 1 aromatic carbocycles. The lowest BCUT2D eigenvalue weighted by molar-refractivity contribution is 0.101. The molecule has 0 atom stereocenters. The number of Topliss-reactive ketones (excluding diaryl/α,β-unsaturated/α-hetero) is 1. The van der Waals surface area contributed by atoms with Crippen LogP contribution in [0.3, 0.4) is 0 Å². The fourth-order valence-electron chi connectivity index (χ4n) is 1.89. The van der Waals surface area contributed by atoms with E-state index in [4.69, 9.17) is 4.74 Å². The fraction of sp³-hybridized carbons (Fsp3) is 0.231. The molecule has 0 aliphatic rings. The normalized spacial score (nSPS) is 11.0. The molecule has 1 N–H and O–H groups in total. The van der Waals surface area contributed by atoms with Crippen molar-refractivity contribution in [2.24, 2.45) is 0 Å². The number of aromatic hydroxyl groups is 1. The number of alkyl halides is 2. The van der Waals surface area contributed by atoms with E-state index in [0.717, 1.165) is 0 Å². The van der Waals surface area contributed by atoms with E-state index in [1.807, 2.05) is 0 Å². The van der Waals surface area contributed by atoms with Crippen molar-refractivity contribution in [2.75, 3.05) is 7.11 Å². The third kappa shape index (κ3) is 2.21. The summed E-state index contributed by atoms with van der Waals surface area (Å²) in [7, 11) is 1.44. The maximum absolute atomic E-state index is 12.8. The van der Waals surface area contributed by atoms with Gasteiger partial charge in [0.05, 0.1) is 18.2 Å². The van der Waals surface area contributed by atoms with Crippen LogP contribution in [-0.2, 0) is 0 Å². The highest BCUT2D eigenvalue weighted by Crippen LogP contribution is 2.35. The van der Waals surface area contributed by atoms with Crippen LogP contribution >= 0.6 is 0 Å². The molecule has 0 radical (unpaired) electrons. The molecule has 0 aliphatic heterocycles. The lowest BCUT2D eigenvalue weighted by atomic mass is 10.0. The van der Waals surface area contributed by atoms with E-state index in [0.29, 0.717) is 5.75 Å². The second kappa shape index (κ2) is 4.79. The van der Waals surface area contributed by atoms with E-state index in [2.05, 4.69) is 4.98 Å². The SMILES string of the molecule is COc1ccc2nc(C(F)F)c(O)c(C(C)=O)c2c1. The van der Waals surface area contributed by atoms with Gasteiger partial charge >= 0.3 is 0 Å². The first-order chi connectivity index (χ1) is 8.95. The number of ether oxygens (including phenoxy) is 1. The van der Waals surface area contributed by atoms with Gasteiger partial charge in [0.25, 0.3) is 6.43 Å². The molecule has 0 bridgehead atoms. The number of benzene rings is 1. The van der Waals surface area contributed by atoms with Gasteiger partial charge in [0.15, 0.2) is 11.5 Å². The van der Waals surface area contributed by atoms with Gasteiger partial charge in [0.1, 0.15) is 11.4 Å². The molecule has 0 amide bonds. The minimum absolute atomic E-state index is 0.167. The summed E-state index contributed by atoms with van der Waals surface area (Å²) in [6, 6.07) is 4.49. The summed E-state index contributed by atoms with van der Waals surface area (Å²) >= 11 is 0. The predicted molar refractivity (Wildman–Crippen MR) is 64.9 cm³/mol. The molecule has 2 rings (SSSR count). The van der Waals surface area contributed by atoms with Crippen molar-refractivity contribution in [3.05, 3.63) is 29.5 Å².